The molecule has 0 spiro atoms. The molecule has 2 rings (SSSR count). The van der Waals surface area contributed by atoms with Crippen molar-refractivity contribution in [3.8, 4) is 0 Å². The number of benzene rings is 1. The second-order valence-electron chi connectivity index (χ2n) is 5.40. The maximum absolute atomic E-state index is 10.7. The first kappa shape index (κ1) is 15.7. The van der Waals surface area contributed by atoms with Crippen molar-refractivity contribution < 1.29 is 9.90 Å². The van der Waals surface area contributed by atoms with Crippen molar-refractivity contribution in [2.45, 2.75) is 39.8 Å². The van der Waals surface area contributed by atoms with Gasteiger partial charge in [0, 0.05) is 22.3 Å². The molecule has 2 N–H and O–H groups in total. The Morgan fingerprint density at radius 1 is 1.24 bits per heavy atom. The minimum Gasteiger partial charge on any atom is -0.481 e. The second kappa shape index (κ2) is 6.87. The number of hydrogen-bond donors (Lipinski definition) is 2. The minimum absolute atomic E-state index is 0.108. The Hall–Kier alpha value is -1.65. The average molecular weight is 303 g/mol. The molecule has 1 aromatic carbocycles. The molecule has 0 bridgehead atoms. The highest BCUT2D eigenvalue weighted by Crippen LogP contribution is 2.21. The standard InChI is InChI=1S/C17H21NO2S/c1-11-4-5-12(2)16(8-11)13(3)18-10-15-7-6-14(21-15)9-17(19)20/h4-8,13,18H,9-10H2,1-3H3,(H,19,20). The third-order valence-electron chi connectivity index (χ3n) is 3.53. The summed E-state index contributed by atoms with van der Waals surface area (Å²) in [6, 6.07) is 10.7. The highest BCUT2D eigenvalue weighted by atomic mass is 32.1. The van der Waals surface area contributed by atoms with Crippen LogP contribution < -0.4 is 5.32 Å². The van der Waals surface area contributed by atoms with E-state index in [1.807, 2.05) is 12.1 Å². The molecule has 21 heavy (non-hydrogen) atoms. The van der Waals surface area contributed by atoms with E-state index in [1.54, 1.807) is 11.3 Å². The van der Waals surface area contributed by atoms with Crippen LogP contribution in [-0.2, 0) is 17.8 Å². The van der Waals surface area contributed by atoms with Crippen molar-refractivity contribution in [2.75, 3.05) is 0 Å². The zero-order valence-corrected chi connectivity index (χ0v) is 13.5. The molecule has 4 heteroatoms. The van der Waals surface area contributed by atoms with Gasteiger partial charge in [0.1, 0.15) is 0 Å². The van der Waals surface area contributed by atoms with Crippen LogP contribution >= 0.6 is 11.3 Å². The molecule has 1 unspecified atom stereocenters. The molecule has 0 aliphatic carbocycles. The molecule has 0 radical (unpaired) electrons. The second-order valence-corrected chi connectivity index (χ2v) is 6.65. The lowest BCUT2D eigenvalue weighted by Gasteiger charge is -2.17. The molecule has 0 aliphatic rings. The summed E-state index contributed by atoms with van der Waals surface area (Å²) in [6.07, 6.45) is 0.108. The lowest BCUT2D eigenvalue weighted by atomic mass is 10.00. The topological polar surface area (TPSA) is 49.3 Å². The number of hydrogen-bond acceptors (Lipinski definition) is 3. The first-order valence-corrected chi connectivity index (χ1v) is 7.87. The molecular weight excluding hydrogens is 282 g/mol. The number of rotatable bonds is 6. The fourth-order valence-corrected chi connectivity index (χ4v) is 3.31. The fourth-order valence-electron chi connectivity index (χ4n) is 2.35. The monoisotopic (exact) mass is 303 g/mol. The van der Waals surface area contributed by atoms with Crippen molar-refractivity contribution in [1.82, 2.24) is 5.32 Å². The highest BCUT2D eigenvalue weighted by molar-refractivity contribution is 7.12. The Morgan fingerprint density at radius 2 is 1.95 bits per heavy atom. The van der Waals surface area contributed by atoms with Crippen molar-refractivity contribution in [2.24, 2.45) is 0 Å². The van der Waals surface area contributed by atoms with Gasteiger partial charge in [-0.3, -0.25) is 4.79 Å². The molecular formula is C17H21NO2S. The lowest BCUT2D eigenvalue weighted by Crippen LogP contribution is -2.18. The maximum atomic E-state index is 10.7. The zero-order valence-electron chi connectivity index (χ0n) is 12.6. The van der Waals surface area contributed by atoms with Crippen LogP contribution in [0.4, 0.5) is 0 Å². The SMILES string of the molecule is Cc1ccc(C)c(C(C)NCc2ccc(CC(=O)O)s2)c1. The van der Waals surface area contributed by atoms with Gasteiger partial charge >= 0.3 is 5.97 Å². The number of carboxylic acids is 1. The Morgan fingerprint density at radius 3 is 2.67 bits per heavy atom. The Balaban J connectivity index is 1.97. The number of aliphatic carboxylic acids is 1. The number of carboxylic acid groups (broad SMARTS) is 1. The summed E-state index contributed by atoms with van der Waals surface area (Å²) in [5, 5.41) is 12.3. The Labute approximate surface area is 129 Å². The van der Waals surface area contributed by atoms with Gasteiger partial charge in [-0.15, -0.1) is 11.3 Å². The van der Waals surface area contributed by atoms with Crippen LogP contribution in [0.1, 0.15) is 39.4 Å². The summed E-state index contributed by atoms with van der Waals surface area (Å²) in [6.45, 7) is 7.16. The summed E-state index contributed by atoms with van der Waals surface area (Å²) in [5.41, 5.74) is 3.87. The van der Waals surface area contributed by atoms with Gasteiger partial charge in [-0.1, -0.05) is 23.8 Å². The van der Waals surface area contributed by atoms with E-state index in [2.05, 4.69) is 44.3 Å². The van der Waals surface area contributed by atoms with Crippen LogP contribution in [0.25, 0.3) is 0 Å². The van der Waals surface area contributed by atoms with E-state index in [4.69, 9.17) is 5.11 Å². The van der Waals surface area contributed by atoms with Gasteiger partial charge in [0.25, 0.3) is 0 Å². The summed E-state index contributed by atoms with van der Waals surface area (Å²) < 4.78 is 0. The van der Waals surface area contributed by atoms with Gasteiger partial charge in [-0.25, -0.2) is 0 Å². The van der Waals surface area contributed by atoms with Crippen molar-refractivity contribution in [3.63, 3.8) is 0 Å². The van der Waals surface area contributed by atoms with Crippen LogP contribution in [0.2, 0.25) is 0 Å². The quantitative estimate of drug-likeness (QED) is 0.852. The van der Waals surface area contributed by atoms with Gasteiger partial charge in [0.2, 0.25) is 0 Å². The Bertz CT molecular complexity index is 633. The number of nitrogens with one attached hydrogen (secondary N) is 1. The van der Waals surface area contributed by atoms with E-state index in [9.17, 15) is 4.79 Å². The van der Waals surface area contributed by atoms with Crippen LogP contribution in [0.15, 0.2) is 30.3 Å². The highest BCUT2D eigenvalue weighted by Gasteiger charge is 2.10. The van der Waals surface area contributed by atoms with E-state index in [0.717, 1.165) is 11.4 Å². The molecule has 112 valence electrons. The van der Waals surface area contributed by atoms with E-state index < -0.39 is 5.97 Å². The molecule has 0 saturated heterocycles. The van der Waals surface area contributed by atoms with Gasteiger partial charge in [-0.2, -0.15) is 0 Å². The number of carbonyl (C=O) groups is 1. The molecule has 1 heterocycles. The van der Waals surface area contributed by atoms with Crippen molar-refractivity contribution >= 4 is 17.3 Å². The third-order valence-corrected chi connectivity index (χ3v) is 4.61. The first-order valence-electron chi connectivity index (χ1n) is 7.05. The summed E-state index contributed by atoms with van der Waals surface area (Å²) in [4.78, 5) is 12.8. The smallest absolute Gasteiger partial charge is 0.308 e. The molecule has 0 saturated carbocycles. The summed E-state index contributed by atoms with van der Waals surface area (Å²) >= 11 is 1.56. The van der Waals surface area contributed by atoms with E-state index >= 15 is 0 Å². The van der Waals surface area contributed by atoms with Crippen molar-refractivity contribution in [1.29, 1.82) is 0 Å². The molecule has 1 aromatic heterocycles. The first-order chi connectivity index (χ1) is 9.95. The largest absolute Gasteiger partial charge is 0.481 e. The Kier molecular flexibility index (Phi) is 5.15. The van der Waals surface area contributed by atoms with Gasteiger partial charge in [0.05, 0.1) is 6.42 Å². The van der Waals surface area contributed by atoms with E-state index in [1.165, 1.54) is 21.6 Å². The predicted octanol–water partition coefficient (Wildman–Crippen LogP) is 3.84. The average Bonchev–Trinajstić information content (AvgIpc) is 2.85. The minimum atomic E-state index is -0.778. The summed E-state index contributed by atoms with van der Waals surface area (Å²) in [5.74, 6) is -0.778. The van der Waals surface area contributed by atoms with Gasteiger partial charge in [0.15, 0.2) is 0 Å². The van der Waals surface area contributed by atoms with Crippen LogP contribution in [0.5, 0.6) is 0 Å². The number of thiophene rings is 1. The molecule has 0 amide bonds. The molecule has 2 aromatic rings. The fraction of sp³-hybridized carbons (Fsp3) is 0.353. The molecule has 0 fully saturated rings. The molecule has 1 atom stereocenters. The van der Waals surface area contributed by atoms with Crippen molar-refractivity contribution in [3.05, 3.63) is 56.8 Å². The lowest BCUT2D eigenvalue weighted by molar-refractivity contribution is -0.136. The van der Waals surface area contributed by atoms with E-state index in [0.29, 0.717) is 0 Å². The molecule has 0 aliphatic heterocycles. The van der Waals surface area contributed by atoms with Crippen LogP contribution in [0, 0.1) is 13.8 Å². The number of aryl methyl sites for hydroxylation is 2. The zero-order chi connectivity index (χ0) is 15.4. The third kappa shape index (κ3) is 4.41. The van der Waals surface area contributed by atoms with Gasteiger partial charge in [-0.05, 0) is 44.0 Å². The molecule has 3 nitrogen and oxygen atoms in total. The van der Waals surface area contributed by atoms with Crippen LogP contribution in [-0.4, -0.2) is 11.1 Å². The van der Waals surface area contributed by atoms with Crippen LogP contribution in [0.3, 0.4) is 0 Å². The predicted molar refractivity (Wildman–Crippen MR) is 86.8 cm³/mol. The van der Waals surface area contributed by atoms with E-state index in [-0.39, 0.29) is 12.5 Å². The van der Waals surface area contributed by atoms with Gasteiger partial charge < -0.3 is 10.4 Å². The normalized spacial score (nSPS) is 12.3. The summed E-state index contributed by atoms with van der Waals surface area (Å²) in [7, 11) is 0. The maximum Gasteiger partial charge on any atom is 0.308 e.